The Bertz CT molecular complexity index is 824. The molecule has 0 saturated carbocycles. The van der Waals surface area contributed by atoms with E-state index in [0.717, 1.165) is 11.1 Å². The van der Waals surface area contributed by atoms with E-state index in [1.165, 1.54) is 6.26 Å². The topological polar surface area (TPSA) is 80.5 Å². The van der Waals surface area contributed by atoms with Gasteiger partial charge in [-0.1, -0.05) is 42.5 Å². The van der Waals surface area contributed by atoms with Gasteiger partial charge in [0.1, 0.15) is 0 Å². The second-order valence-corrected chi connectivity index (χ2v) is 8.26. The molecule has 0 radical (unpaired) electrons. The molecule has 5 nitrogen and oxygen atoms in total. The van der Waals surface area contributed by atoms with Crippen molar-refractivity contribution in [2.24, 2.45) is 5.73 Å². The first-order valence-electron chi connectivity index (χ1n) is 8.06. The Morgan fingerprint density at radius 3 is 2.08 bits per heavy atom. The van der Waals surface area contributed by atoms with Gasteiger partial charge in [0.15, 0.2) is 9.84 Å². The lowest BCUT2D eigenvalue weighted by Gasteiger charge is -2.27. The third-order valence-electron chi connectivity index (χ3n) is 4.39. The summed E-state index contributed by atoms with van der Waals surface area (Å²) in [5.41, 5.74) is 7.92. The summed E-state index contributed by atoms with van der Waals surface area (Å²) in [6.07, 6.45) is 1.39. The Morgan fingerprint density at radius 1 is 1.04 bits per heavy atom. The predicted molar refractivity (Wildman–Crippen MR) is 106 cm³/mol. The Hall–Kier alpha value is -1.89. The quantitative estimate of drug-likeness (QED) is 0.813. The smallest absolute Gasteiger partial charge is 0.224 e. The Kier molecular flexibility index (Phi) is 7.81. The number of hydrogen-bond acceptors (Lipinski definition) is 4. The van der Waals surface area contributed by atoms with Crippen molar-refractivity contribution in [2.45, 2.75) is 30.3 Å². The molecule has 142 valence electrons. The van der Waals surface area contributed by atoms with Gasteiger partial charge in [-0.05, 0) is 30.2 Å². The van der Waals surface area contributed by atoms with E-state index in [9.17, 15) is 13.2 Å². The van der Waals surface area contributed by atoms with Gasteiger partial charge in [-0.25, -0.2) is 8.42 Å². The maximum absolute atomic E-state index is 12.5. The van der Waals surface area contributed by atoms with E-state index in [1.54, 1.807) is 36.2 Å². The summed E-state index contributed by atoms with van der Waals surface area (Å²) in [7, 11) is -1.49. The van der Waals surface area contributed by atoms with Gasteiger partial charge in [0.05, 0.1) is 10.9 Å². The van der Waals surface area contributed by atoms with Gasteiger partial charge in [-0.3, -0.25) is 4.79 Å². The first-order chi connectivity index (χ1) is 11.7. The third-order valence-corrected chi connectivity index (χ3v) is 5.52. The number of rotatable bonds is 6. The highest BCUT2D eigenvalue weighted by Crippen LogP contribution is 2.23. The molecule has 0 aliphatic carbocycles. The van der Waals surface area contributed by atoms with Crippen LogP contribution >= 0.6 is 12.4 Å². The minimum absolute atomic E-state index is 0. The van der Waals surface area contributed by atoms with E-state index < -0.39 is 9.84 Å². The average Bonchev–Trinajstić information content (AvgIpc) is 2.60. The summed E-state index contributed by atoms with van der Waals surface area (Å²) in [5.74, 6) is -0.0592. The molecule has 2 rings (SSSR count). The Labute approximate surface area is 161 Å². The highest BCUT2D eigenvalue weighted by Gasteiger charge is 2.20. The molecule has 0 saturated heterocycles. The van der Waals surface area contributed by atoms with E-state index >= 15 is 0 Å². The molecule has 2 N–H and O–H groups in total. The average molecular weight is 397 g/mol. The standard InChI is InChI=1S/C19H24N2O3S.ClH/c1-14(15-9-11-17(12-10-15)25(3,23)24)21(2)19(22)13-18(20)16-7-5-4-6-8-16;/h4-12,14,18H,13,20H2,1-3H3;1H. The normalized spacial score (nSPS) is 13.4. The van der Waals surface area contributed by atoms with Crippen LogP contribution in [0.5, 0.6) is 0 Å². The van der Waals surface area contributed by atoms with Crippen LogP contribution in [0.1, 0.15) is 36.6 Å². The van der Waals surface area contributed by atoms with Crippen molar-refractivity contribution in [1.29, 1.82) is 0 Å². The first-order valence-corrected chi connectivity index (χ1v) is 9.95. The molecule has 2 atom stereocenters. The summed E-state index contributed by atoms with van der Waals surface area (Å²) < 4.78 is 23.1. The number of amides is 1. The van der Waals surface area contributed by atoms with Crippen LogP contribution in [0.15, 0.2) is 59.5 Å². The van der Waals surface area contributed by atoms with Gasteiger partial charge in [0, 0.05) is 25.8 Å². The molecule has 0 heterocycles. The van der Waals surface area contributed by atoms with Crippen molar-refractivity contribution >= 4 is 28.2 Å². The molecule has 0 aliphatic heterocycles. The summed E-state index contributed by atoms with van der Waals surface area (Å²) in [6.45, 7) is 1.90. The van der Waals surface area contributed by atoms with Gasteiger partial charge in [0.2, 0.25) is 5.91 Å². The summed E-state index contributed by atoms with van der Waals surface area (Å²) >= 11 is 0. The second kappa shape index (κ2) is 9.16. The van der Waals surface area contributed by atoms with Crippen LogP contribution in [0.4, 0.5) is 0 Å². The Morgan fingerprint density at radius 2 is 1.58 bits per heavy atom. The SMILES string of the molecule is CC(c1ccc(S(C)(=O)=O)cc1)N(C)C(=O)CC(N)c1ccccc1.Cl. The zero-order valence-electron chi connectivity index (χ0n) is 15.1. The van der Waals surface area contributed by atoms with E-state index in [4.69, 9.17) is 5.73 Å². The fourth-order valence-electron chi connectivity index (χ4n) is 2.58. The van der Waals surface area contributed by atoms with Crippen molar-refractivity contribution in [3.8, 4) is 0 Å². The van der Waals surface area contributed by atoms with Crippen LogP contribution in [-0.4, -0.2) is 32.5 Å². The fraction of sp³-hybridized carbons (Fsp3) is 0.316. The molecule has 26 heavy (non-hydrogen) atoms. The molecular formula is C19H25ClN2O3S. The molecular weight excluding hydrogens is 372 g/mol. The van der Waals surface area contributed by atoms with Gasteiger partial charge in [0.25, 0.3) is 0 Å². The number of nitrogens with two attached hydrogens (primary N) is 1. The number of carbonyl (C=O) groups is 1. The van der Waals surface area contributed by atoms with Crippen LogP contribution in [0.25, 0.3) is 0 Å². The molecule has 7 heteroatoms. The number of carbonyl (C=O) groups excluding carboxylic acids is 1. The molecule has 0 aliphatic rings. The fourth-order valence-corrected chi connectivity index (χ4v) is 3.21. The number of nitrogens with zero attached hydrogens (tertiary/aromatic N) is 1. The van der Waals surface area contributed by atoms with Gasteiger partial charge < -0.3 is 10.6 Å². The number of halogens is 1. The first kappa shape index (κ1) is 22.2. The van der Waals surface area contributed by atoms with Crippen molar-refractivity contribution in [3.63, 3.8) is 0 Å². The van der Waals surface area contributed by atoms with Crippen LogP contribution in [0, 0.1) is 0 Å². The second-order valence-electron chi connectivity index (χ2n) is 6.24. The van der Waals surface area contributed by atoms with Gasteiger partial charge >= 0.3 is 0 Å². The number of sulfone groups is 1. The predicted octanol–water partition coefficient (Wildman–Crippen LogP) is 3.12. The highest BCUT2D eigenvalue weighted by atomic mass is 35.5. The van der Waals surface area contributed by atoms with Gasteiger partial charge in [-0.2, -0.15) is 0 Å². The van der Waals surface area contributed by atoms with Crippen molar-refractivity contribution in [3.05, 3.63) is 65.7 Å². The summed E-state index contributed by atoms with van der Waals surface area (Å²) in [4.78, 5) is 14.4. The minimum atomic E-state index is -3.23. The van der Waals surface area contributed by atoms with E-state index in [0.29, 0.717) is 0 Å². The van der Waals surface area contributed by atoms with Crippen LogP contribution in [-0.2, 0) is 14.6 Å². The van der Waals surface area contributed by atoms with Gasteiger partial charge in [-0.15, -0.1) is 12.4 Å². The maximum atomic E-state index is 12.5. The van der Waals surface area contributed by atoms with E-state index in [2.05, 4.69) is 0 Å². The lowest BCUT2D eigenvalue weighted by molar-refractivity contribution is -0.132. The monoisotopic (exact) mass is 396 g/mol. The third kappa shape index (κ3) is 5.56. The molecule has 0 aromatic heterocycles. The zero-order chi connectivity index (χ0) is 18.6. The molecule has 0 bridgehead atoms. The lowest BCUT2D eigenvalue weighted by atomic mass is 10.0. The minimum Gasteiger partial charge on any atom is -0.339 e. The van der Waals surface area contributed by atoms with E-state index in [1.807, 2.05) is 37.3 Å². The zero-order valence-corrected chi connectivity index (χ0v) is 16.8. The maximum Gasteiger partial charge on any atom is 0.224 e. The molecule has 1 amide bonds. The number of hydrogen-bond donors (Lipinski definition) is 1. The lowest BCUT2D eigenvalue weighted by Crippen LogP contribution is -2.32. The molecule has 0 fully saturated rings. The van der Waals surface area contributed by atoms with Crippen LogP contribution in [0.2, 0.25) is 0 Å². The largest absolute Gasteiger partial charge is 0.339 e. The highest BCUT2D eigenvalue weighted by molar-refractivity contribution is 7.90. The van der Waals surface area contributed by atoms with E-state index in [-0.39, 0.29) is 41.7 Å². The molecule has 2 unspecified atom stereocenters. The Balaban J connectivity index is 0.00000338. The molecule has 0 spiro atoms. The van der Waals surface area contributed by atoms with Crippen molar-refractivity contribution in [1.82, 2.24) is 4.90 Å². The molecule has 2 aromatic carbocycles. The summed E-state index contributed by atoms with van der Waals surface area (Å²) in [6, 6.07) is 15.6. The van der Waals surface area contributed by atoms with Crippen molar-refractivity contribution < 1.29 is 13.2 Å². The van der Waals surface area contributed by atoms with Crippen LogP contribution < -0.4 is 5.73 Å². The number of benzene rings is 2. The van der Waals surface area contributed by atoms with Crippen LogP contribution in [0.3, 0.4) is 0 Å². The summed E-state index contributed by atoms with van der Waals surface area (Å²) in [5, 5.41) is 0. The van der Waals surface area contributed by atoms with Crippen molar-refractivity contribution in [2.75, 3.05) is 13.3 Å². The molecule has 2 aromatic rings.